The van der Waals surface area contributed by atoms with E-state index in [-0.39, 0.29) is 30.0 Å². The first-order valence-electron chi connectivity index (χ1n) is 9.76. The molecular weight excluding hydrogens is 394 g/mol. The van der Waals surface area contributed by atoms with E-state index >= 15 is 0 Å². The van der Waals surface area contributed by atoms with E-state index in [2.05, 4.69) is 34.6 Å². The quantitative estimate of drug-likeness (QED) is 0.257. The van der Waals surface area contributed by atoms with Crippen LogP contribution in [0.4, 0.5) is 0 Å². The molecule has 1 aromatic rings. The summed E-state index contributed by atoms with van der Waals surface area (Å²) in [6.45, 7) is 12.9. The van der Waals surface area contributed by atoms with Crippen LogP contribution in [0.15, 0.2) is 30.3 Å². The molecule has 4 N–H and O–H groups in total. The Bertz CT molecular complexity index is 685. The van der Waals surface area contributed by atoms with Gasteiger partial charge in [0.25, 0.3) is 0 Å². The number of benzene rings is 1. The second kappa shape index (κ2) is 11.3. The minimum atomic E-state index is -4.68. The molecule has 0 aliphatic carbocycles. The van der Waals surface area contributed by atoms with Gasteiger partial charge >= 0.3 is 10.4 Å². The van der Waals surface area contributed by atoms with Crippen molar-refractivity contribution < 1.29 is 26.6 Å². The molecule has 0 spiro atoms. The minimum Gasteiger partial charge on any atom is -0.494 e. The van der Waals surface area contributed by atoms with Crippen LogP contribution in [0.3, 0.4) is 0 Å². The zero-order chi connectivity index (χ0) is 21.5. The average molecular weight is 434 g/mol. The first-order valence-corrected chi connectivity index (χ1v) is 11.1. The molecule has 0 amide bonds. The van der Waals surface area contributed by atoms with Crippen LogP contribution in [0.5, 0.6) is 5.75 Å². The molecule has 0 bridgehead atoms. The van der Waals surface area contributed by atoms with Crippen molar-refractivity contribution in [3.63, 3.8) is 0 Å². The number of ether oxygens (including phenoxy) is 2. The predicted octanol–water partition coefficient (Wildman–Crippen LogP) is 5.41. The average Bonchev–Trinajstić information content (AvgIpc) is 2.48. The van der Waals surface area contributed by atoms with Crippen LogP contribution >= 0.6 is 0 Å². The standard InChI is InChI=1S/C21H36O6S.H3N/c1-7-26-21(27-28(22,23)24,17-20(5,6)16-19(2,3)4)14-11-15-25-18-12-9-8-10-13-18;/h8-10,12-13H,7,11,14-17H2,1-6H3,(H,22,23,24);1H3. The Morgan fingerprint density at radius 1 is 1.00 bits per heavy atom. The Labute approximate surface area is 176 Å². The smallest absolute Gasteiger partial charge is 0.400 e. The van der Waals surface area contributed by atoms with Gasteiger partial charge in [-0.2, -0.15) is 8.42 Å². The molecule has 1 atom stereocenters. The zero-order valence-electron chi connectivity index (χ0n) is 18.7. The van der Waals surface area contributed by atoms with E-state index in [9.17, 15) is 13.0 Å². The van der Waals surface area contributed by atoms with Gasteiger partial charge in [0.15, 0.2) is 5.79 Å². The summed E-state index contributed by atoms with van der Waals surface area (Å²) in [5.41, 5.74) is -0.214. The second-order valence-corrected chi connectivity index (χ2v) is 10.2. The highest BCUT2D eigenvalue weighted by Gasteiger charge is 2.42. The van der Waals surface area contributed by atoms with Crippen LogP contribution in [0, 0.1) is 10.8 Å². The Balaban J connectivity index is 0.00000784. The minimum absolute atomic E-state index is 0. The van der Waals surface area contributed by atoms with Crippen LogP contribution in [-0.2, 0) is 19.3 Å². The van der Waals surface area contributed by atoms with Crippen LogP contribution in [-0.4, -0.2) is 32.0 Å². The number of para-hydroxylation sites is 1. The van der Waals surface area contributed by atoms with Crippen molar-refractivity contribution in [3.05, 3.63) is 30.3 Å². The lowest BCUT2D eigenvalue weighted by Crippen LogP contribution is -2.43. The maximum atomic E-state index is 11.6. The molecule has 0 aliphatic heterocycles. The van der Waals surface area contributed by atoms with Crippen molar-refractivity contribution in [1.82, 2.24) is 6.15 Å². The summed E-state index contributed by atoms with van der Waals surface area (Å²) in [4.78, 5) is 0. The maximum absolute atomic E-state index is 11.6. The fourth-order valence-corrected chi connectivity index (χ4v) is 4.61. The molecule has 0 saturated carbocycles. The number of hydrogen-bond acceptors (Lipinski definition) is 6. The fraction of sp³-hybridized carbons (Fsp3) is 0.714. The van der Waals surface area contributed by atoms with Gasteiger partial charge in [0.05, 0.1) is 6.61 Å². The topological polar surface area (TPSA) is 117 Å². The summed E-state index contributed by atoms with van der Waals surface area (Å²) in [6, 6.07) is 9.39. The first-order chi connectivity index (χ1) is 12.8. The highest BCUT2D eigenvalue weighted by Crippen LogP contribution is 2.42. The maximum Gasteiger partial charge on any atom is 0.400 e. The summed E-state index contributed by atoms with van der Waals surface area (Å²) in [5, 5.41) is 0. The molecule has 1 rings (SSSR count). The second-order valence-electron chi connectivity index (χ2n) is 9.20. The van der Waals surface area contributed by atoms with Gasteiger partial charge in [-0.15, -0.1) is 0 Å². The van der Waals surface area contributed by atoms with Crippen molar-refractivity contribution in [2.75, 3.05) is 13.2 Å². The van der Waals surface area contributed by atoms with Crippen LogP contribution in [0.2, 0.25) is 0 Å². The molecule has 170 valence electrons. The molecule has 29 heavy (non-hydrogen) atoms. The van der Waals surface area contributed by atoms with Gasteiger partial charge in [-0.25, -0.2) is 4.18 Å². The Hall–Kier alpha value is -1.19. The van der Waals surface area contributed by atoms with E-state index in [1.54, 1.807) is 6.92 Å². The van der Waals surface area contributed by atoms with E-state index in [4.69, 9.17) is 13.7 Å². The fourth-order valence-electron chi connectivity index (χ4n) is 4.04. The van der Waals surface area contributed by atoms with Gasteiger partial charge in [-0.05, 0) is 42.7 Å². The van der Waals surface area contributed by atoms with E-state index < -0.39 is 16.2 Å². The first kappa shape index (κ1) is 27.8. The molecule has 7 nitrogen and oxygen atoms in total. The molecular formula is C21H39NO6S. The van der Waals surface area contributed by atoms with Crippen LogP contribution in [0.1, 0.15) is 67.2 Å². The van der Waals surface area contributed by atoms with E-state index in [1.807, 2.05) is 30.3 Å². The zero-order valence-corrected chi connectivity index (χ0v) is 19.5. The largest absolute Gasteiger partial charge is 0.494 e. The Morgan fingerprint density at radius 2 is 1.59 bits per heavy atom. The highest BCUT2D eigenvalue weighted by atomic mass is 32.3. The van der Waals surface area contributed by atoms with Crippen molar-refractivity contribution >= 4 is 10.4 Å². The van der Waals surface area contributed by atoms with Crippen molar-refractivity contribution in [1.29, 1.82) is 0 Å². The summed E-state index contributed by atoms with van der Waals surface area (Å²) in [7, 11) is -4.68. The summed E-state index contributed by atoms with van der Waals surface area (Å²) in [6.07, 6.45) is 1.96. The molecule has 0 aromatic heterocycles. The van der Waals surface area contributed by atoms with Gasteiger partial charge in [-0.1, -0.05) is 52.8 Å². The van der Waals surface area contributed by atoms with Gasteiger partial charge < -0.3 is 15.6 Å². The van der Waals surface area contributed by atoms with Gasteiger partial charge in [0.2, 0.25) is 0 Å². The molecule has 8 heteroatoms. The number of rotatable bonds is 12. The van der Waals surface area contributed by atoms with E-state index in [0.717, 1.165) is 12.2 Å². The third kappa shape index (κ3) is 12.2. The van der Waals surface area contributed by atoms with Gasteiger partial charge in [0.1, 0.15) is 5.75 Å². The lowest BCUT2D eigenvalue weighted by atomic mass is 9.72. The summed E-state index contributed by atoms with van der Waals surface area (Å²) in [5.74, 6) is -0.690. The SMILES string of the molecule is CCOC(CCCOc1ccccc1)(CC(C)(C)CC(C)(C)C)OS(=O)(=O)O.N. The summed E-state index contributed by atoms with van der Waals surface area (Å²) >= 11 is 0. The normalized spacial score (nSPS) is 14.7. The van der Waals surface area contributed by atoms with Crippen LogP contribution in [0.25, 0.3) is 0 Å². The molecule has 0 heterocycles. The van der Waals surface area contributed by atoms with E-state index in [0.29, 0.717) is 19.4 Å². The Morgan fingerprint density at radius 3 is 2.07 bits per heavy atom. The van der Waals surface area contributed by atoms with Crippen LogP contribution < -0.4 is 10.9 Å². The van der Waals surface area contributed by atoms with E-state index in [1.165, 1.54) is 0 Å². The molecule has 0 aliphatic rings. The molecule has 0 fully saturated rings. The van der Waals surface area contributed by atoms with Crippen molar-refractivity contribution in [2.24, 2.45) is 10.8 Å². The third-order valence-corrected chi connectivity index (χ3v) is 4.65. The summed E-state index contributed by atoms with van der Waals surface area (Å²) < 4.78 is 49.1. The van der Waals surface area contributed by atoms with Crippen molar-refractivity contribution in [3.8, 4) is 5.75 Å². The third-order valence-electron chi connectivity index (χ3n) is 4.14. The monoisotopic (exact) mass is 433 g/mol. The lowest BCUT2D eigenvalue weighted by molar-refractivity contribution is -0.207. The van der Waals surface area contributed by atoms with Gasteiger partial charge in [-0.3, -0.25) is 4.55 Å². The molecule has 0 radical (unpaired) electrons. The molecule has 1 unspecified atom stereocenters. The lowest BCUT2D eigenvalue weighted by Gasteiger charge is -2.41. The predicted molar refractivity (Wildman–Crippen MR) is 116 cm³/mol. The van der Waals surface area contributed by atoms with Gasteiger partial charge in [0, 0.05) is 19.4 Å². The highest BCUT2D eigenvalue weighted by molar-refractivity contribution is 7.80. The molecule has 1 aromatic carbocycles. The van der Waals surface area contributed by atoms with Crippen molar-refractivity contribution in [2.45, 2.75) is 73.0 Å². The Kier molecular flexibility index (Phi) is 10.8. The molecule has 0 saturated heterocycles. The number of hydrogen-bond donors (Lipinski definition) is 2.